The van der Waals surface area contributed by atoms with Crippen LogP contribution in [0.25, 0.3) is 0 Å². The molecule has 1 amide bonds. The van der Waals surface area contributed by atoms with Gasteiger partial charge in [0.05, 0.1) is 22.9 Å². The molecule has 21 heavy (non-hydrogen) atoms. The van der Waals surface area contributed by atoms with Gasteiger partial charge in [-0.1, -0.05) is 6.07 Å². The molecule has 0 bridgehead atoms. The van der Waals surface area contributed by atoms with Gasteiger partial charge >= 0.3 is 0 Å². The van der Waals surface area contributed by atoms with Gasteiger partial charge < -0.3 is 10.3 Å². The quantitative estimate of drug-likeness (QED) is 0.668. The molecule has 0 radical (unpaired) electrons. The van der Waals surface area contributed by atoms with E-state index in [-0.39, 0.29) is 5.91 Å². The molecule has 0 heterocycles. The Labute approximate surface area is 123 Å². The van der Waals surface area contributed by atoms with Crippen LogP contribution in [0.5, 0.6) is 0 Å². The van der Waals surface area contributed by atoms with Crippen LogP contribution in [0.3, 0.4) is 0 Å². The normalized spacial score (nSPS) is 9.81. The average Bonchev–Trinajstić information content (AvgIpc) is 2.53. The number of aryl methyl sites for hydroxylation is 1. The Morgan fingerprint density at radius 3 is 2.48 bits per heavy atom. The van der Waals surface area contributed by atoms with Gasteiger partial charge in [0.15, 0.2) is 0 Å². The predicted molar refractivity (Wildman–Crippen MR) is 82.9 cm³/mol. The number of carbonyl (C=O) groups excluding carboxylic acids is 1. The number of nitriles is 1. The Balaban J connectivity index is 2.32. The van der Waals surface area contributed by atoms with Gasteiger partial charge in [-0.3, -0.25) is 10.6 Å². The predicted octanol–water partition coefficient (Wildman–Crippen LogP) is 2.43. The fourth-order valence-electron chi connectivity index (χ4n) is 2.02. The highest BCUT2D eigenvalue weighted by Crippen LogP contribution is 2.21. The number of nitrogens with one attached hydrogen (secondary N) is 1. The summed E-state index contributed by atoms with van der Waals surface area (Å²) in [6.07, 6.45) is 0. The first-order valence-electron chi connectivity index (χ1n) is 6.42. The topological polar surface area (TPSA) is 82.2 Å². The van der Waals surface area contributed by atoms with Crippen LogP contribution in [-0.4, -0.2) is 13.0 Å². The fourth-order valence-corrected chi connectivity index (χ4v) is 2.02. The number of hydrazine groups is 1. The molecule has 0 aliphatic carbocycles. The van der Waals surface area contributed by atoms with Gasteiger partial charge in [0.2, 0.25) is 0 Å². The molecule has 0 aliphatic rings. The van der Waals surface area contributed by atoms with Gasteiger partial charge in [-0.15, -0.1) is 0 Å². The third-order valence-electron chi connectivity index (χ3n) is 3.25. The second-order valence-corrected chi connectivity index (χ2v) is 4.72. The molecule has 106 valence electrons. The SMILES string of the molecule is Cc1ccc(C(=O)N(C)c2ccc(C#N)cc2)c(NN)c1. The average molecular weight is 280 g/mol. The van der Waals surface area contributed by atoms with Crippen molar-refractivity contribution in [1.82, 2.24) is 0 Å². The molecule has 2 rings (SSSR count). The number of nitrogens with zero attached hydrogens (tertiary/aromatic N) is 2. The van der Waals surface area contributed by atoms with Crippen molar-refractivity contribution in [2.24, 2.45) is 5.84 Å². The molecule has 0 aliphatic heterocycles. The monoisotopic (exact) mass is 280 g/mol. The molecule has 5 heteroatoms. The number of rotatable bonds is 3. The van der Waals surface area contributed by atoms with Gasteiger partial charge in [-0.2, -0.15) is 5.26 Å². The van der Waals surface area contributed by atoms with Crippen LogP contribution in [0, 0.1) is 18.3 Å². The smallest absolute Gasteiger partial charge is 0.260 e. The van der Waals surface area contributed by atoms with Crippen LogP contribution in [0.4, 0.5) is 11.4 Å². The summed E-state index contributed by atoms with van der Waals surface area (Å²) < 4.78 is 0. The molecule has 0 saturated carbocycles. The van der Waals surface area contributed by atoms with E-state index >= 15 is 0 Å². The summed E-state index contributed by atoms with van der Waals surface area (Å²) >= 11 is 0. The first kappa shape index (κ1) is 14.6. The van der Waals surface area contributed by atoms with Crippen molar-refractivity contribution in [1.29, 1.82) is 5.26 Å². The van der Waals surface area contributed by atoms with E-state index in [2.05, 4.69) is 5.43 Å². The largest absolute Gasteiger partial charge is 0.323 e. The highest BCUT2D eigenvalue weighted by molar-refractivity contribution is 6.09. The van der Waals surface area contributed by atoms with Crippen molar-refractivity contribution in [3.05, 3.63) is 59.2 Å². The molecular weight excluding hydrogens is 264 g/mol. The maximum Gasteiger partial charge on any atom is 0.260 e. The fraction of sp³-hybridized carbons (Fsp3) is 0.125. The molecule has 0 fully saturated rings. The Morgan fingerprint density at radius 1 is 1.24 bits per heavy atom. The first-order valence-corrected chi connectivity index (χ1v) is 6.42. The number of nitrogens with two attached hydrogens (primary N) is 1. The standard InChI is InChI=1S/C16H16N4O/c1-11-3-8-14(15(9-11)19-18)16(21)20(2)13-6-4-12(10-17)5-7-13/h3-9,19H,18H2,1-2H3. The Hall–Kier alpha value is -2.84. The maximum atomic E-state index is 12.6. The number of anilines is 2. The van der Waals surface area contributed by atoms with Crippen molar-refractivity contribution in [3.8, 4) is 6.07 Å². The van der Waals surface area contributed by atoms with Crippen molar-refractivity contribution in [2.45, 2.75) is 6.92 Å². The summed E-state index contributed by atoms with van der Waals surface area (Å²) in [7, 11) is 1.68. The summed E-state index contributed by atoms with van der Waals surface area (Å²) in [5.41, 5.74) is 5.91. The van der Waals surface area contributed by atoms with Crippen LogP contribution < -0.4 is 16.2 Å². The minimum absolute atomic E-state index is 0.173. The molecule has 0 atom stereocenters. The number of hydrogen-bond acceptors (Lipinski definition) is 4. The molecule has 0 unspecified atom stereocenters. The van der Waals surface area contributed by atoms with E-state index in [0.29, 0.717) is 22.5 Å². The molecule has 2 aromatic carbocycles. The minimum atomic E-state index is -0.173. The van der Waals surface area contributed by atoms with Gasteiger partial charge in [0.1, 0.15) is 0 Å². The summed E-state index contributed by atoms with van der Waals surface area (Å²) in [5.74, 6) is 5.30. The molecule has 0 aromatic heterocycles. The molecule has 0 spiro atoms. The van der Waals surface area contributed by atoms with Crippen LogP contribution in [-0.2, 0) is 0 Å². The number of nitrogen functional groups attached to an aromatic ring is 1. The molecule has 0 saturated heterocycles. The maximum absolute atomic E-state index is 12.6. The highest BCUT2D eigenvalue weighted by atomic mass is 16.2. The lowest BCUT2D eigenvalue weighted by atomic mass is 10.1. The van der Waals surface area contributed by atoms with Crippen LogP contribution in [0.2, 0.25) is 0 Å². The Morgan fingerprint density at radius 2 is 1.90 bits per heavy atom. The van der Waals surface area contributed by atoms with E-state index in [1.54, 1.807) is 37.4 Å². The highest BCUT2D eigenvalue weighted by Gasteiger charge is 2.17. The van der Waals surface area contributed by atoms with Gasteiger partial charge in [0.25, 0.3) is 5.91 Å². The van der Waals surface area contributed by atoms with Crippen molar-refractivity contribution >= 4 is 17.3 Å². The third-order valence-corrected chi connectivity index (χ3v) is 3.25. The Kier molecular flexibility index (Phi) is 4.21. The minimum Gasteiger partial charge on any atom is -0.323 e. The first-order chi connectivity index (χ1) is 10.1. The van der Waals surface area contributed by atoms with Gasteiger partial charge in [0, 0.05) is 12.7 Å². The zero-order valence-electron chi connectivity index (χ0n) is 11.9. The van der Waals surface area contributed by atoms with Crippen molar-refractivity contribution in [3.63, 3.8) is 0 Å². The van der Waals surface area contributed by atoms with Crippen LogP contribution >= 0.6 is 0 Å². The summed E-state index contributed by atoms with van der Waals surface area (Å²) in [6, 6.07) is 14.3. The third kappa shape index (κ3) is 3.02. The molecule has 3 N–H and O–H groups in total. The van der Waals surface area contributed by atoms with Gasteiger partial charge in [-0.25, -0.2) is 0 Å². The Bertz CT molecular complexity index is 701. The number of benzene rings is 2. The summed E-state index contributed by atoms with van der Waals surface area (Å²) in [4.78, 5) is 14.1. The second-order valence-electron chi connectivity index (χ2n) is 4.72. The lowest BCUT2D eigenvalue weighted by Gasteiger charge is -2.19. The number of carbonyl (C=O) groups is 1. The van der Waals surface area contributed by atoms with E-state index in [9.17, 15) is 4.79 Å². The van der Waals surface area contributed by atoms with Crippen LogP contribution in [0.1, 0.15) is 21.5 Å². The lowest BCUT2D eigenvalue weighted by molar-refractivity contribution is 0.0993. The second kappa shape index (κ2) is 6.07. The van der Waals surface area contributed by atoms with E-state index in [0.717, 1.165) is 5.56 Å². The zero-order chi connectivity index (χ0) is 15.4. The van der Waals surface area contributed by atoms with Crippen LogP contribution in [0.15, 0.2) is 42.5 Å². The molecule has 5 nitrogen and oxygen atoms in total. The van der Waals surface area contributed by atoms with E-state index in [4.69, 9.17) is 11.1 Å². The van der Waals surface area contributed by atoms with Gasteiger partial charge in [-0.05, 0) is 48.9 Å². The summed E-state index contributed by atoms with van der Waals surface area (Å²) in [6.45, 7) is 1.93. The van der Waals surface area contributed by atoms with Crippen molar-refractivity contribution < 1.29 is 4.79 Å². The zero-order valence-corrected chi connectivity index (χ0v) is 11.9. The molecular formula is C16H16N4O. The van der Waals surface area contributed by atoms with E-state index < -0.39 is 0 Å². The van der Waals surface area contributed by atoms with Crippen molar-refractivity contribution in [2.75, 3.05) is 17.4 Å². The summed E-state index contributed by atoms with van der Waals surface area (Å²) in [5, 5.41) is 8.80. The van der Waals surface area contributed by atoms with E-state index in [1.807, 2.05) is 25.1 Å². The number of hydrogen-bond donors (Lipinski definition) is 2. The number of amides is 1. The lowest BCUT2D eigenvalue weighted by Crippen LogP contribution is -2.27. The molecule has 2 aromatic rings. The van der Waals surface area contributed by atoms with E-state index in [1.165, 1.54) is 4.90 Å².